The predicted molar refractivity (Wildman–Crippen MR) is 90.8 cm³/mol. The fourth-order valence-corrected chi connectivity index (χ4v) is 2.78. The molecule has 0 spiro atoms. The molecule has 25 heavy (non-hydrogen) atoms. The summed E-state index contributed by atoms with van der Waals surface area (Å²) in [6.07, 6.45) is -0.897. The van der Waals surface area contributed by atoms with E-state index in [2.05, 4.69) is 5.32 Å². The van der Waals surface area contributed by atoms with Crippen molar-refractivity contribution >= 4 is 34.9 Å². The molecular weight excluding hydrogens is 348 g/mol. The summed E-state index contributed by atoms with van der Waals surface area (Å²) in [4.78, 5) is 35.0. The van der Waals surface area contributed by atoms with Gasteiger partial charge in [0.15, 0.2) is 6.10 Å². The van der Waals surface area contributed by atoms with Crippen LogP contribution in [0.1, 0.15) is 21.5 Å². The number of nitrogens with zero attached hydrogens (tertiary/aromatic N) is 1. The summed E-state index contributed by atoms with van der Waals surface area (Å²) < 4.78 is 5.15. The van der Waals surface area contributed by atoms with Gasteiger partial charge in [0.05, 0.1) is 10.5 Å². The summed E-state index contributed by atoms with van der Waals surface area (Å²) in [5.74, 6) is -1.27. The van der Waals surface area contributed by atoms with Crippen LogP contribution in [0.3, 0.4) is 0 Å². The predicted octanol–water partition coefficient (Wildman–Crippen LogP) is 3.28. The highest BCUT2D eigenvalue weighted by Crippen LogP contribution is 2.28. The average molecular weight is 361 g/mol. The lowest BCUT2D eigenvalue weighted by Crippen LogP contribution is -2.38. The molecule has 8 heteroatoms. The molecule has 1 amide bonds. The number of ether oxygens (including phenoxy) is 1. The van der Waals surface area contributed by atoms with Gasteiger partial charge in [0, 0.05) is 17.5 Å². The number of hydrogen-bond acceptors (Lipinski definition) is 5. The summed E-state index contributed by atoms with van der Waals surface area (Å²) in [5, 5.41) is 14.0. The number of esters is 1. The molecule has 1 heterocycles. The van der Waals surface area contributed by atoms with Crippen LogP contribution in [-0.4, -0.2) is 22.9 Å². The van der Waals surface area contributed by atoms with Crippen molar-refractivity contribution in [2.45, 2.75) is 19.4 Å². The van der Waals surface area contributed by atoms with Gasteiger partial charge in [0.2, 0.25) is 0 Å². The minimum atomic E-state index is -1.07. The number of nitro benzene ring substituents is 1. The summed E-state index contributed by atoms with van der Waals surface area (Å²) in [5.41, 5.74) is 1.48. The number of nitro groups is 1. The first kappa shape index (κ1) is 16.9. The first-order valence-corrected chi connectivity index (χ1v) is 7.78. The van der Waals surface area contributed by atoms with Crippen LogP contribution in [0, 0.1) is 17.0 Å². The van der Waals surface area contributed by atoms with Gasteiger partial charge in [-0.15, -0.1) is 0 Å². The number of hydrogen-bond donors (Lipinski definition) is 1. The Morgan fingerprint density at radius 3 is 2.80 bits per heavy atom. The molecule has 0 saturated heterocycles. The maximum absolute atomic E-state index is 12.4. The van der Waals surface area contributed by atoms with Crippen LogP contribution in [0.25, 0.3) is 0 Å². The zero-order chi connectivity index (χ0) is 18.1. The lowest BCUT2D eigenvalue weighted by atomic mass is 9.98. The van der Waals surface area contributed by atoms with Crippen LogP contribution in [0.15, 0.2) is 36.4 Å². The third-order valence-electron chi connectivity index (χ3n) is 3.85. The summed E-state index contributed by atoms with van der Waals surface area (Å²) in [6, 6.07) is 9.22. The van der Waals surface area contributed by atoms with Crippen LogP contribution >= 0.6 is 11.6 Å². The molecule has 1 atom stereocenters. The molecule has 0 bridgehead atoms. The Hall–Kier alpha value is -2.93. The number of benzene rings is 2. The molecule has 1 N–H and O–H groups in total. The highest BCUT2D eigenvalue weighted by atomic mass is 35.5. The van der Waals surface area contributed by atoms with Gasteiger partial charge < -0.3 is 10.1 Å². The van der Waals surface area contributed by atoms with E-state index in [0.29, 0.717) is 21.7 Å². The lowest BCUT2D eigenvalue weighted by Gasteiger charge is -2.24. The molecule has 128 valence electrons. The second-order valence-corrected chi connectivity index (χ2v) is 6.10. The van der Waals surface area contributed by atoms with Crippen LogP contribution in [0.5, 0.6) is 0 Å². The van der Waals surface area contributed by atoms with Gasteiger partial charge in [-0.2, -0.15) is 0 Å². The Bertz CT molecular complexity index is 897. The fourth-order valence-electron chi connectivity index (χ4n) is 2.61. The van der Waals surface area contributed by atoms with E-state index in [-0.39, 0.29) is 17.8 Å². The molecule has 7 nitrogen and oxygen atoms in total. The Morgan fingerprint density at radius 2 is 2.08 bits per heavy atom. The Morgan fingerprint density at radius 1 is 1.32 bits per heavy atom. The number of carbonyl (C=O) groups excluding carboxylic acids is 2. The Balaban J connectivity index is 1.82. The SMILES string of the molecule is Cc1ccc(NC(=O)[C@@H]2Cc3ccc(Cl)cc3C(=O)O2)c([N+](=O)[O-])c1. The van der Waals surface area contributed by atoms with Crippen molar-refractivity contribution in [1.82, 2.24) is 0 Å². The maximum Gasteiger partial charge on any atom is 0.339 e. The van der Waals surface area contributed by atoms with Crippen molar-refractivity contribution in [3.8, 4) is 0 Å². The number of halogens is 1. The van der Waals surface area contributed by atoms with E-state index < -0.39 is 22.9 Å². The normalized spacial score (nSPS) is 15.9. The van der Waals surface area contributed by atoms with Crippen LogP contribution in [0.4, 0.5) is 11.4 Å². The van der Waals surface area contributed by atoms with Crippen molar-refractivity contribution in [1.29, 1.82) is 0 Å². The fraction of sp³-hybridized carbons (Fsp3) is 0.176. The number of amides is 1. The van der Waals surface area contributed by atoms with Gasteiger partial charge in [-0.1, -0.05) is 23.7 Å². The molecule has 2 aromatic carbocycles. The number of cyclic esters (lactones) is 1. The number of aryl methyl sites for hydroxylation is 1. The molecule has 2 aromatic rings. The van der Waals surface area contributed by atoms with Gasteiger partial charge in [-0.25, -0.2) is 4.79 Å². The molecule has 0 aromatic heterocycles. The summed E-state index contributed by atoms with van der Waals surface area (Å²) >= 11 is 5.86. The zero-order valence-corrected chi connectivity index (χ0v) is 13.9. The molecule has 0 fully saturated rings. The van der Waals surface area contributed by atoms with Crippen LogP contribution in [0.2, 0.25) is 5.02 Å². The van der Waals surface area contributed by atoms with E-state index in [4.69, 9.17) is 16.3 Å². The van der Waals surface area contributed by atoms with Gasteiger partial charge in [-0.05, 0) is 36.2 Å². The van der Waals surface area contributed by atoms with Crippen LogP contribution in [-0.2, 0) is 16.0 Å². The van der Waals surface area contributed by atoms with Crippen molar-refractivity contribution in [3.05, 3.63) is 68.2 Å². The van der Waals surface area contributed by atoms with Gasteiger partial charge in [-0.3, -0.25) is 14.9 Å². The second kappa shape index (κ2) is 6.52. The number of nitrogens with one attached hydrogen (secondary N) is 1. The minimum Gasteiger partial charge on any atom is -0.448 e. The minimum absolute atomic E-state index is 0.0542. The molecule has 3 rings (SSSR count). The topological polar surface area (TPSA) is 98.5 Å². The molecule has 0 aliphatic carbocycles. The van der Waals surface area contributed by atoms with Crippen molar-refractivity contribution in [2.24, 2.45) is 0 Å². The monoisotopic (exact) mass is 360 g/mol. The van der Waals surface area contributed by atoms with Crippen molar-refractivity contribution in [2.75, 3.05) is 5.32 Å². The van der Waals surface area contributed by atoms with E-state index in [0.717, 1.165) is 0 Å². The standard InChI is InChI=1S/C17H13ClN2O5/c1-9-2-5-13(14(6-9)20(23)24)19-16(21)15-7-10-3-4-11(18)8-12(10)17(22)25-15/h2-6,8,15H,7H2,1H3,(H,19,21)/t15-/m0/s1. The number of rotatable bonds is 3. The summed E-state index contributed by atoms with van der Waals surface area (Å²) in [7, 11) is 0. The smallest absolute Gasteiger partial charge is 0.339 e. The lowest BCUT2D eigenvalue weighted by molar-refractivity contribution is -0.384. The maximum atomic E-state index is 12.4. The largest absolute Gasteiger partial charge is 0.448 e. The van der Waals surface area contributed by atoms with Gasteiger partial charge >= 0.3 is 5.97 Å². The number of carbonyl (C=O) groups is 2. The van der Waals surface area contributed by atoms with Crippen molar-refractivity contribution < 1.29 is 19.2 Å². The first-order valence-electron chi connectivity index (χ1n) is 7.40. The van der Waals surface area contributed by atoms with Crippen LogP contribution < -0.4 is 5.32 Å². The van der Waals surface area contributed by atoms with E-state index in [1.54, 1.807) is 25.1 Å². The molecule has 0 unspecified atom stereocenters. The average Bonchev–Trinajstić information content (AvgIpc) is 2.56. The van der Waals surface area contributed by atoms with E-state index in [1.807, 2.05) is 0 Å². The first-order chi connectivity index (χ1) is 11.8. The molecular formula is C17H13ClN2O5. The highest BCUT2D eigenvalue weighted by molar-refractivity contribution is 6.31. The number of anilines is 1. The molecule has 0 saturated carbocycles. The number of fused-ring (bicyclic) bond motifs is 1. The van der Waals surface area contributed by atoms with E-state index in [9.17, 15) is 19.7 Å². The summed E-state index contributed by atoms with van der Waals surface area (Å²) in [6.45, 7) is 1.71. The van der Waals surface area contributed by atoms with E-state index >= 15 is 0 Å². The Kier molecular flexibility index (Phi) is 4.41. The van der Waals surface area contributed by atoms with E-state index in [1.165, 1.54) is 18.2 Å². The second-order valence-electron chi connectivity index (χ2n) is 5.67. The quantitative estimate of drug-likeness (QED) is 0.514. The highest BCUT2D eigenvalue weighted by Gasteiger charge is 2.32. The van der Waals surface area contributed by atoms with Gasteiger partial charge in [0.25, 0.3) is 11.6 Å². The third-order valence-corrected chi connectivity index (χ3v) is 4.08. The molecule has 0 radical (unpaired) electrons. The third kappa shape index (κ3) is 3.46. The van der Waals surface area contributed by atoms with Crippen molar-refractivity contribution in [3.63, 3.8) is 0 Å². The van der Waals surface area contributed by atoms with Gasteiger partial charge in [0.1, 0.15) is 5.69 Å². The zero-order valence-electron chi connectivity index (χ0n) is 13.1. The molecule has 1 aliphatic rings. The Labute approximate surface area is 147 Å². The molecule has 1 aliphatic heterocycles.